The summed E-state index contributed by atoms with van der Waals surface area (Å²) in [6.07, 6.45) is 0. The Morgan fingerprint density at radius 2 is 1.54 bits per heavy atom. The Kier molecular flexibility index (Phi) is 7.14. The van der Waals surface area contributed by atoms with Crippen LogP contribution in [0.4, 0.5) is 5.69 Å². The lowest BCUT2D eigenvalue weighted by atomic mass is 10.1. The van der Waals surface area contributed by atoms with Gasteiger partial charge in [-0.3, -0.25) is 4.79 Å². The van der Waals surface area contributed by atoms with Crippen LogP contribution in [0.25, 0.3) is 10.9 Å². The number of ether oxygens (including phenoxy) is 4. The Morgan fingerprint density at radius 1 is 0.919 bits per heavy atom. The summed E-state index contributed by atoms with van der Waals surface area (Å²) >= 11 is 5.79. The van der Waals surface area contributed by atoms with Crippen molar-refractivity contribution in [3.8, 4) is 23.0 Å². The maximum atomic E-state index is 13.1. The van der Waals surface area contributed by atoms with E-state index in [2.05, 4.69) is 10.3 Å². The summed E-state index contributed by atoms with van der Waals surface area (Å²) in [4.78, 5) is 18.0. The van der Waals surface area contributed by atoms with Crippen LogP contribution >= 0.6 is 12.2 Å². The molecule has 5 rings (SSSR count). The van der Waals surface area contributed by atoms with Crippen molar-refractivity contribution in [3.05, 3.63) is 88.2 Å². The number of fused-ring (bicyclic) bond motifs is 2. The number of aromatic nitrogens is 1. The van der Waals surface area contributed by atoms with Gasteiger partial charge in [0.1, 0.15) is 24.7 Å². The molecule has 3 aromatic carbocycles. The second-order valence-corrected chi connectivity index (χ2v) is 8.96. The minimum Gasteiger partial charge on any atom is -0.497 e. The quantitative estimate of drug-likeness (QED) is 0.341. The second kappa shape index (κ2) is 10.8. The molecule has 0 atom stereocenters. The third kappa shape index (κ3) is 5.62. The average molecular weight is 518 g/mol. The fourth-order valence-electron chi connectivity index (χ4n) is 4.14. The molecule has 2 N–H and O–H groups in total. The fraction of sp³-hybridized carbons (Fsp3) is 0.214. The molecule has 0 bridgehead atoms. The zero-order valence-electron chi connectivity index (χ0n) is 20.6. The van der Waals surface area contributed by atoms with Crippen molar-refractivity contribution in [2.75, 3.05) is 32.8 Å². The van der Waals surface area contributed by atoms with Crippen LogP contribution in [0.5, 0.6) is 23.0 Å². The van der Waals surface area contributed by atoms with Crippen molar-refractivity contribution in [2.45, 2.75) is 13.1 Å². The number of nitrogens with one attached hydrogen (secondary N) is 2. The topological polar surface area (TPSA) is 85.1 Å². The minimum absolute atomic E-state index is 0.184. The molecule has 0 radical (unpaired) electrons. The molecule has 8 nitrogen and oxygen atoms in total. The maximum Gasteiger partial charge on any atom is 0.253 e. The van der Waals surface area contributed by atoms with Gasteiger partial charge in [-0.1, -0.05) is 12.1 Å². The molecule has 0 saturated carbocycles. The lowest BCUT2D eigenvalue weighted by Gasteiger charge is -2.26. The van der Waals surface area contributed by atoms with Crippen LogP contribution in [0.2, 0.25) is 0 Å². The number of hydrogen-bond acceptors (Lipinski definition) is 6. The summed E-state index contributed by atoms with van der Waals surface area (Å²) in [7, 11) is 3.26. The summed E-state index contributed by atoms with van der Waals surface area (Å²) in [6, 6.07) is 20.9. The highest BCUT2D eigenvalue weighted by atomic mass is 32.1. The number of benzene rings is 3. The first kappa shape index (κ1) is 24.5. The van der Waals surface area contributed by atoms with Crippen molar-refractivity contribution in [1.82, 2.24) is 9.88 Å². The Balaban J connectivity index is 1.44. The van der Waals surface area contributed by atoms with Crippen molar-refractivity contribution in [2.24, 2.45) is 0 Å². The molecule has 1 aromatic heterocycles. The van der Waals surface area contributed by atoms with E-state index in [1.807, 2.05) is 65.6 Å². The summed E-state index contributed by atoms with van der Waals surface area (Å²) < 4.78 is 21.9. The number of pyridine rings is 1. The van der Waals surface area contributed by atoms with Gasteiger partial charge in [-0.15, -0.1) is 0 Å². The van der Waals surface area contributed by atoms with E-state index in [0.29, 0.717) is 54.0 Å². The van der Waals surface area contributed by atoms with Crippen LogP contribution in [0, 0.1) is 0 Å². The van der Waals surface area contributed by atoms with E-state index in [9.17, 15) is 4.79 Å². The van der Waals surface area contributed by atoms with Crippen LogP contribution < -0.4 is 29.8 Å². The predicted octanol–water partition coefficient (Wildman–Crippen LogP) is 4.72. The summed E-state index contributed by atoms with van der Waals surface area (Å²) in [5.74, 6) is 2.83. The molecule has 9 heteroatoms. The van der Waals surface area contributed by atoms with E-state index in [1.54, 1.807) is 20.3 Å². The molecule has 4 aromatic rings. The zero-order chi connectivity index (χ0) is 25.8. The SMILES string of the molecule is COc1ccc(CN(Cc2cc3cc4c(cc3[nH]c2=O)OCCO4)C(=S)Nc2ccc(OC)cc2)cc1. The van der Waals surface area contributed by atoms with E-state index in [1.165, 1.54) is 0 Å². The monoisotopic (exact) mass is 517 g/mol. The molecule has 0 fully saturated rings. The lowest BCUT2D eigenvalue weighted by Crippen LogP contribution is -2.35. The van der Waals surface area contributed by atoms with Crippen LogP contribution in [-0.2, 0) is 13.1 Å². The van der Waals surface area contributed by atoms with E-state index in [0.717, 1.165) is 28.1 Å². The van der Waals surface area contributed by atoms with E-state index in [-0.39, 0.29) is 5.56 Å². The second-order valence-electron chi connectivity index (χ2n) is 8.57. The van der Waals surface area contributed by atoms with Crippen LogP contribution in [-0.4, -0.2) is 42.4 Å². The first-order valence-corrected chi connectivity index (χ1v) is 12.2. The average Bonchev–Trinajstić information content (AvgIpc) is 2.92. The molecule has 0 spiro atoms. The number of anilines is 1. The van der Waals surface area contributed by atoms with Gasteiger partial charge in [-0.25, -0.2) is 0 Å². The molecular formula is C28H27N3O5S. The van der Waals surface area contributed by atoms with Gasteiger partial charge in [0.05, 0.1) is 26.3 Å². The van der Waals surface area contributed by atoms with Gasteiger partial charge >= 0.3 is 0 Å². The fourth-order valence-corrected chi connectivity index (χ4v) is 4.39. The molecule has 0 aliphatic carbocycles. The highest BCUT2D eigenvalue weighted by Crippen LogP contribution is 2.33. The van der Waals surface area contributed by atoms with Crippen molar-refractivity contribution in [3.63, 3.8) is 0 Å². The van der Waals surface area contributed by atoms with Gasteiger partial charge < -0.3 is 34.1 Å². The van der Waals surface area contributed by atoms with Gasteiger partial charge in [0.25, 0.3) is 5.56 Å². The number of rotatable bonds is 7. The molecule has 37 heavy (non-hydrogen) atoms. The van der Waals surface area contributed by atoms with E-state index in [4.69, 9.17) is 31.2 Å². The molecule has 1 aliphatic heterocycles. The molecule has 0 saturated heterocycles. The standard InChI is InChI=1S/C28H27N3O5S/c1-33-22-7-3-18(4-8-22)16-31(28(37)29-21-5-9-23(34-2)10-6-21)17-20-13-19-14-25-26(36-12-11-35-25)15-24(19)30-27(20)32/h3-10,13-15H,11-12,16-17H2,1-2H3,(H,29,37)(H,30,32). The van der Waals surface area contributed by atoms with Gasteiger partial charge in [0.15, 0.2) is 16.6 Å². The third-order valence-electron chi connectivity index (χ3n) is 6.11. The number of methoxy groups -OCH3 is 2. The minimum atomic E-state index is -0.184. The molecule has 190 valence electrons. The third-order valence-corrected chi connectivity index (χ3v) is 6.47. The Morgan fingerprint density at radius 3 is 2.19 bits per heavy atom. The maximum absolute atomic E-state index is 13.1. The normalized spacial score (nSPS) is 12.2. The van der Waals surface area contributed by atoms with Crippen LogP contribution in [0.1, 0.15) is 11.1 Å². The van der Waals surface area contributed by atoms with Gasteiger partial charge in [0.2, 0.25) is 0 Å². The van der Waals surface area contributed by atoms with E-state index >= 15 is 0 Å². The van der Waals surface area contributed by atoms with Crippen molar-refractivity contribution < 1.29 is 18.9 Å². The number of H-pyrrole nitrogens is 1. The summed E-state index contributed by atoms with van der Waals surface area (Å²) in [5.41, 5.74) is 2.93. The molecule has 1 aliphatic rings. The Labute approximate surface area is 219 Å². The van der Waals surface area contributed by atoms with Gasteiger partial charge in [0, 0.05) is 29.2 Å². The number of thiocarbonyl (C=S) groups is 1. The van der Waals surface area contributed by atoms with E-state index < -0.39 is 0 Å². The smallest absolute Gasteiger partial charge is 0.253 e. The number of hydrogen-bond donors (Lipinski definition) is 2. The Hall–Kier alpha value is -4.24. The highest BCUT2D eigenvalue weighted by molar-refractivity contribution is 7.80. The highest BCUT2D eigenvalue weighted by Gasteiger charge is 2.17. The van der Waals surface area contributed by atoms with Crippen LogP contribution in [0.3, 0.4) is 0 Å². The lowest BCUT2D eigenvalue weighted by molar-refractivity contribution is 0.172. The molecule has 0 amide bonds. The molecular weight excluding hydrogens is 490 g/mol. The van der Waals surface area contributed by atoms with Gasteiger partial charge in [-0.05, 0) is 66.3 Å². The number of aromatic amines is 1. The summed E-state index contributed by atoms with van der Waals surface area (Å²) in [6.45, 7) is 1.77. The zero-order valence-corrected chi connectivity index (χ0v) is 21.4. The molecule has 0 unspecified atom stereocenters. The van der Waals surface area contributed by atoms with Gasteiger partial charge in [-0.2, -0.15) is 0 Å². The largest absolute Gasteiger partial charge is 0.497 e. The predicted molar refractivity (Wildman–Crippen MR) is 147 cm³/mol. The first-order valence-electron chi connectivity index (χ1n) is 11.8. The first-order chi connectivity index (χ1) is 18.0. The van der Waals surface area contributed by atoms with Crippen LogP contribution in [0.15, 0.2) is 71.5 Å². The summed E-state index contributed by atoms with van der Waals surface area (Å²) in [5, 5.41) is 4.63. The van der Waals surface area contributed by atoms with Crippen molar-refractivity contribution >= 4 is 33.9 Å². The number of nitrogens with zero attached hydrogens (tertiary/aromatic N) is 1. The Bertz CT molecular complexity index is 1470. The molecule has 2 heterocycles. The van der Waals surface area contributed by atoms with Crippen molar-refractivity contribution in [1.29, 1.82) is 0 Å².